The van der Waals surface area contributed by atoms with Crippen LogP contribution in [0.3, 0.4) is 0 Å². The Labute approximate surface area is 109 Å². The van der Waals surface area contributed by atoms with Gasteiger partial charge in [0.05, 0.1) is 0 Å². The van der Waals surface area contributed by atoms with E-state index in [1.54, 1.807) is 11.8 Å². The molecule has 0 aliphatic carbocycles. The average Bonchev–Trinajstić information content (AvgIpc) is 2.26. The third kappa shape index (κ3) is 12.4. The summed E-state index contributed by atoms with van der Waals surface area (Å²) in [6.07, 6.45) is 1.44. The van der Waals surface area contributed by atoms with Gasteiger partial charge in [0.15, 0.2) is 0 Å². The van der Waals surface area contributed by atoms with Crippen molar-refractivity contribution in [2.45, 2.75) is 26.7 Å². The van der Waals surface area contributed by atoms with Gasteiger partial charge in [-0.15, -0.1) is 0 Å². The predicted molar refractivity (Wildman–Crippen MR) is 71.1 cm³/mol. The van der Waals surface area contributed by atoms with E-state index in [0.717, 1.165) is 6.42 Å². The summed E-state index contributed by atoms with van der Waals surface area (Å²) in [5.74, 6) is -1.22. The maximum absolute atomic E-state index is 10.7. The molecule has 0 saturated carbocycles. The summed E-state index contributed by atoms with van der Waals surface area (Å²) in [4.78, 5) is 22.5. The lowest BCUT2D eigenvalue weighted by Crippen LogP contribution is -2.19. The van der Waals surface area contributed by atoms with E-state index >= 15 is 0 Å². The zero-order valence-corrected chi connectivity index (χ0v) is 11.7. The van der Waals surface area contributed by atoms with Gasteiger partial charge in [0, 0.05) is 11.1 Å². The number of hydrogen-bond donors (Lipinski definition) is 1. The molecule has 0 aliphatic heterocycles. The first-order valence-electron chi connectivity index (χ1n) is 5.60. The summed E-state index contributed by atoms with van der Waals surface area (Å²) >= 11 is 0. The molecule has 5 heteroatoms. The summed E-state index contributed by atoms with van der Waals surface area (Å²) in [7, 11) is 3.65. The number of hydrogen-bond acceptors (Lipinski definition) is 4. The molecule has 0 heterocycles. The first-order chi connectivity index (χ1) is 8.22. The molecule has 0 aromatic heterocycles. The number of carboxylic acids is 1. The molecule has 0 unspecified atom stereocenters. The number of aliphatic carboxylic acids is 1. The van der Waals surface area contributed by atoms with Crippen molar-refractivity contribution in [3.63, 3.8) is 0 Å². The molecule has 0 rings (SSSR count). The van der Waals surface area contributed by atoms with E-state index in [9.17, 15) is 9.59 Å². The van der Waals surface area contributed by atoms with Crippen molar-refractivity contribution in [1.82, 2.24) is 4.90 Å². The Bertz CT molecular complexity index is 308. The molecule has 0 aromatic rings. The number of rotatable bonds is 6. The highest BCUT2D eigenvalue weighted by Crippen LogP contribution is 1.99. The summed E-state index contributed by atoms with van der Waals surface area (Å²) in [6.45, 7) is 10.6. The van der Waals surface area contributed by atoms with Crippen LogP contribution in [0.2, 0.25) is 0 Å². The monoisotopic (exact) mass is 257 g/mol. The second kappa shape index (κ2) is 10.5. The highest BCUT2D eigenvalue weighted by molar-refractivity contribution is 5.86. The average molecular weight is 257 g/mol. The molecule has 0 amide bonds. The molecule has 0 atom stereocenters. The van der Waals surface area contributed by atoms with Crippen LogP contribution in [-0.4, -0.2) is 42.8 Å². The van der Waals surface area contributed by atoms with E-state index in [4.69, 9.17) is 9.84 Å². The summed E-state index contributed by atoms with van der Waals surface area (Å²) < 4.78 is 4.75. The summed E-state index contributed by atoms with van der Waals surface area (Å²) in [5.41, 5.74) is 0.731. The maximum atomic E-state index is 10.7. The van der Waals surface area contributed by atoms with Gasteiger partial charge in [0.1, 0.15) is 6.73 Å². The van der Waals surface area contributed by atoms with E-state index in [-0.39, 0.29) is 5.97 Å². The van der Waals surface area contributed by atoms with Gasteiger partial charge < -0.3 is 9.84 Å². The van der Waals surface area contributed by atoms with Gasteiger partial charge in [-0.1, -0.05) is 26.5 Å². The van der Waals surface area contributed by atoms with Gasteiger partial charge in [0.25, 0.3) is 0 Å². The third-order valence-corrected chi connectivity index (χ3v) is 1.66. The van der Waals surface area contributed by atoms with Crippen LogP contribution in [0.1, 0.15) is 26.7 Å². The predicted octanol–water partition coefficient (Wildman–Crippen LogP) is 2.05. The SMILES string of the molecule is C=C(C)C(=O)OCN(C)C.C=C(CCC)C(=O)O. The van der Waals surface area contributed by atoms with Crippen LogP contribution < -0.4 is 0 Å². The second-order valence-corrected chi connectivity index (χ2v) is 4.08. The molecule has 0 bridgehead atoms. The van der Waals surface area contributed by atoms with Crippen molar-refractivity contribution in [2.75, 3.05) is 20.8 Å². The number of ether oxygens (including phenoxy) is 1. The first kappa shape index (κ1) is 18.7. The van der Waals surface area contributed by atoms with Crippen LogP contribution in [0.4, 0.5) is 0 Å². The lowest BCUT2D eigenvalue weighted by atomic mass is 10.2. The summed E-state index contributed by atoms with van der Waals surface area (Å²) in [5, 5.41) is 8.21. The van der Waals surface area contributed by atoms with Gasteiger partial charge >= 0.3 is 11.9 Å². The van der Waals surface area contributed by atoms with Crippen LogP contribution >= 0.6 is 0 Å². The molecule has 0 spiro atoms. The Hall–Kier alpha value is -1.62. The number of carbonyl (C=O) groups excluding carboxylic acids is 1. The minimum Gasteiger partial charge on any atom is -0.478 e. The van der Waals surface area contributed by atoms with Gasteiger partial charge in [-0.05, 0) is 27.4 Å². The molecule has 0 fully saturated rings. The molecular formula is C13H23NO4. The van der Waals surface area contributed by atoms with E-state index in [1.807, 2.05) is 21.0 Å². The van der Waals surface area contributed by atoms with Gasteiger partial charge in [-0.3, -0.25) is 4.90 Å². The normalized spacial score (nSPS) is 9.17. The van der Waals surface area contributed by atoms with Crippen molar-refractivity contribution in [2.24, 2.45) is 0 Å². The number of carboxylic acid groups (broad SMARTS) is 1. The zero-order valence-electron chi connectivity index (χ0n) is 11.7. The van der Waals surface area contributed by atoms with Crippen LogP contribution in [0.5, 0.6) is 0 Å². The fraction of sp³-hybridized carbons (Fsp3) is 0.538. The highest BCUT2D eigenvalue weighted by atomic mass is 16.5. The Kier molecular flexibility index (Phi) is 11.0. The first-order valence-corrected chi connectivity index (χ1v) is 5.60. The molecular weight excluding hydrogens is 234 g/mol. The fourth-order valence-electron chi connectivity index (χ4n) is 0.720. The van der Waals surface area contributed by atoms with Crippen LogP contribution in [0.15, 0.2) is 24.3 Å². The van der Waals surface area contributed by atoms with Crippen molar-refractivity contribution in [3.8, 4) is 0 Å². The molecule has 104 valence electrons. The second-order valence-electron chi connectivity index (χ2n) is 4.08. The van der Waals surface area contributed by atoms with E-state index < -0.39 is 5.97 Å². The van der Waals surface area contributed by atoms with Crippen molar-refractivity contribution < 1.29 is 19.4 Å². The molecule has 0 saturated heterocycles. The lowest BCUT2D eigenvalue weighted by Gasteiger charge is -2.09. The largest absolute Gasteiger partial charge is 0.478 e. The third-order valence-electron chi connectivity index (χ3n) is 1.66. The van der Waals surface area contributed by atoms with Gasteiger partial charge in [0.2, 0.25) is 0 Å². The minimum atomic E-state index is -0.883. The quantitative estimate of drug-likeness (QED) is 0.448. The van der Waals surface area contributed by atoms with Gasteiger partial charge in [-0.2, -0.15) is 0 Å². The number of nitrogens with zero attached hydrogens (tertiary/aromatic N) is 1. The minimum absolute atomic E-state index is 0.299. The van der Waals surface area contributed by atoms with Crippen molar-refractivity contribution in [1.29, 1.82) is 0 Å². The summed E-state index contributed by atoms with van der Waals surface area (Å²) in [6, 6.07) is 0. The zero-order chi connectivity index (χ0) is 14.7. The molecule has 0 aromatic carbocycles. The topological polar surface area (TPSA) is 66.8 Å². The van der Waals surface area contributed by atoms with Crippen molar-refractivity contribution >= 4 is 11.9 Å². The van der Waals surface area contributed by atoms with Crippen LogP contribution in [0.25, 0.3) is 0 Å². The molecule has 1 N–H and O–H groups in total. The Morgan fingerprint density at radius 3 is 2.00 bits per heavy atom. The van der Waals surface area contributed by atoms with E-state index in [2.05, 4.69) is 13.2 Å². The standard InChI is InChI=1S/C7H13NO2.C6H10O2/c1-6(2)7(9)10-5-8(3)4;1-3-4-5(2)6(7)8/h1,5H2,2-4H3;2-4H2,1H3,(H,7,8). The van der Waals surface area contributed by atoms with Gasteiger partial charge in [-0.25, -0.2) is 9.59 Å². The Balaban J connectivity index is 0. The molecule has 0 radical (unpaired) electrons. The maximum Gasteiger partial charge on any atom is 0.334 e. The molecule has 5 nitrogen and oxygen atoms in total. The van der Waals surface area contributed by atoms with Crippen LogP contribution in [-0.2, 0) is 14.3 Å². The highest BCUT2D eigenvalue weighted by Gasteiger charge is 2.01. The van der Waals surface area contributed by atoms with E-state index in [0.29, 0.717) is 24.3 Å². The Morgan fingerprint density at radius 1 is 1.28 bits per heavy atom. The fourth-order valence-corrected chi connectivity index (χ4v) is 0.720. The van der Waals surface area contributed by atoms with Crippen LogP contribution in [0, 0.1) is 0 Å². The molecule has 0 aliphatic rings. The van der Waals surface area contributed by atoms with E-state index in [1.165, 1.54) is 0 Å². The molecule has 18 heavy (non-hydrogen) atoms. The smallest absolute Gasteiger partial charge is 0.334 e. The Morgan fingerprint density at radius 2 is 1.78 bits per heavy atom. The number of carbonyl (C=O) groups is 2. The lowest BCUT2D eigenvalue weighted by molar-refractivity contribution is -0.142. The van der Waals surface area contributed by atoms with Crippen molar-refractivity contribution in [3.05, 3.63) is 24.3 Å². The number of esters is 1.